The van der Waals surface area contributed by atoms with Crippen LogP contribution in [-0.2, 0) is 6.61 Å². The van der Waals surface area contributed by atoms with Gasteiger partial charge in [0.15, 0.2) is 0 Å². The van der Waals surface area contributed by atoms with Crippen LogP contribution in [0.3, 0.4) is 0 Å². The molecule has 0 saturated heterocycles. The second-order valence-electron chi connectivity index (χ2n) is 1.93. The lowest BCUT2D eigenvalue weighted by Gasteiger charge is -1.96. The van der Waals surface area contributed by atoms with Crippen LogP contribution in [-0.4, -0.2) is 20.3 Å². The molecule has 1 N–H and O–H groups in total. The molecule has 0 bridgehead atoms. The van der Waals surface area contributed by atoms with E-state index in [4.69, 9.17) is 5.11 Å². The van der Waals surface area contributed by atoms with Gasteiger partial charge in [0, 0.05) is 16.4 Å². The second kappa shape index (κ2) is 2.75. The summed E-state index contributed by atoms with van der Waals surface area (Å²) in [7, 11) is 0.963. The van der Waals surface area contributed by atoms with Crippen molar-refractivity contribution in [2.24, 2.45) is 0 Å². The number of aliphatic hydroxyl groups excluding tert-OH is 1. The van der Waals surface area contributed by atoms with E-state index in [1.807, 2.05) is 12.1 Å². The number of aromatic nitrogens is 1. The van der Waals surface area contributed by atoms with Crippen molar-refractivity contribution in [3.8, 4) is 0 Å². The normalized spacial score (nSPS) is 9.89. The SMILES string of the molecule is OCc1ncccc1[SiH3]. The lowest BCUT2D eigenvalue weighted by Crippen LogP contribution is -2.11. The Hall–Kier alpha value is -0.673. The molecule has 1 aromatic heterocycles. The Morgan fingerprint density at radius 3 is 2.89 bits per heavy atom. The molecular weight excluding hydrogens is 130 g/mol. The quantitative estimate of drug-likeness (QED) is 0.484. The van der Waals surface area contributed by atoms with Crippen LogP contribution < -0.4 is 5.19 Å². The summed E-state index contributed by atoms with van der Waals surface area (Å²) in [4.78, 5) is 3.98. The van der Waals surface area contributed by atoms with Crippen LogP contribution in [0.5, 0.6) is 0 Å². The molecule has 0 saturated carbocycles. The minimum absolute atomic E-state index is 0.0691. The summed E-state index contributed by atoms with van der Waals surface area (Å²) in [5, 5.41) is 9.86. The van der Waals surface area contributed by atoms with Crippen LogP contribution in [0.2, 0.25) is 0 Å². The first-order valence-electron chi connectivity index (χ1n) is 2.86. The predicted octanol–water partition coefficient (Wildman–Crippen LogP) is -1.44. The molecule has 0 fully saturated rings. The second-order valence-corrected chi connectivity index (χ2v) is 3.00. The van der Waals surface area contributed by atoms with Gasteiger partial charge in [0.1, 0.15) is 0 Å². The summed E-state index contributed by atoms with van der Waals surface area (Å²) in [6.45, 7) is 0.0691. The zero-order valence-corrected chi connectivity index (χ0v) is 7.33. The van der Waals surface area contributed by atoms with Crippen molar-refractivity contribution >= 4 is 15.4 Å². The van der Waals surface area contributed by atoms with Crippen molar-refractivity contribution in [3.05, 3.63) is 24.0 Å². The van der Waals surface area contributed by atoms with Gasteiger partial charge in [-0.2, -0.15) is 0 Å². The van der Waals surface area contributed by atoms with Crippen LogP contribution in [0.4, 0.5) is 0 Å². The fourth-order valence-electron chi connectivity index (χ4n) is 0.684. The molecule has 0 aliphatic carbocycles. The van der Waals surface area contributed by atoms with Gasteiger partial charge in [0.05, 0.1) is 12.3 Å². The molecule has 48 valence electrons. The highest BCUT2D eigenvalue weighted by Gasteiger charge is 1.92. The fraction of sp³-hybridized carbons (Fsp3) is 0.167. The van der Waals surface area contributed by atoms with E-state index < -0.39 is 0 Å². The van der Waals surface area contributed by atoms with Crippen molar-refractivity contribution < 1.29 is 5.11 Å². The Kier molecular flexibility index (Phi) is 1.97. The Morgan fingerprint density at radius 2 is 2.44 bits per heavy atom. The molecule has 0 unspecified atom stereocenters. The van der Waals surface area contributed by atoms with Crippen LogP contribution in [0.25, 0.3) is 0 Å². The van der Waals surface area contributed by atoms with Gasteiger partial charge in [-0.05, 0) is 11.3 Å². The smallest absolute Gasteiger partial charge is 0.0851 e. The number of aliphatic hydroxyl groups is 1. The molecule has 3 heteroatoms. The largest absolute Gasteiger partial charge is 0.390 e. The molecule has 0 radical (unpaired) electrons. The minimum atomic E-state index is 0.0691. The zero-order chi connectivity index (χ0) is 6.69. The van der Waals surface area contributed by atoms with Gasteiger partial charge in [-0.25, -0.2) is 0 Å². The Balaban J connectivity index is 3.01. The van der Waals surface area contributed by atoms with Gasteiger partial charge in [0.2, 0.25) is 0 Å². The molecule has 0 aliphatic rings. The summed E-state index contributed by atoms with van der Waals surface area (Å²) in [6, 6.07) is 3.88. The number of hydrogen-bond acceptors (Lipinski definition) is 2. The van der Waals surface area contributed by atoms with Crippen molar-refractivity contribution in [1.29, 1.82) is 0 Å². The van der Waals surface area contributed by atoms with E-state index in [2.05, 4.69) is 4.98 Å². The average Bonchev–Trinajstić information content (AvgIpc) is 1.89. The summed E-state index contributed by atoms with van der Waals surface area (Å²) in [5.41, 5.74) is 0.823. The van der Waals surface area contributed by atoms with E-state index in [1.54, 1.807) is 6.20 Å². The third-order valence-electron chi connectivity index (χ3n) is 1.27. The van der Waals surface area contributed by atoms with Gasteiger partial charge in [-0.15, -0.1) is 0 Å². The first kappa shape index (κ1) is 6.45. The number of pyridine rings is 1. The third-order valence-corrected chi connectivity index (χ3v) is 2.18. The molecule has 0 amide bonds. The summed E-state index contributed by atoms with van der Waals surface area (Å²) in [6.07, 6.45) is 1.70. The highest BCUT2D eigenvalue weighted by molar-refractivity contribution is 6.33. The maximum absolute atomic E-state index is 8.68. The molecule has 2 nitrogen and oxygen atoms in total. The molecule has 0 spiro atoms. The third kappa shape index (κ3) is 1.37. The van der Waals surface area contributed by atoms with Crippen LogP contribution in [0.15, 0.2) is 18.3 Å². The van der Waals surface area contributed by atoms with E-state index >= 15 is 0 Å². The first-order valence-corrected chi connectivity index (χ1v) is 3.86. The number of hydrogen-bond donors (Lipinski definition) is 1. The maximum Gasteiger partial charge on any atom is 0.0851 e. The van der Waals surface area contributed by atoms with Crippen molar-refractivity contribution in [1.82, 2.24) is 4.98 Å². The molecule has 9 heavy (non-hydrogen) atoms. The number of nitrogens with zero attached hydrogens (tertiary/aromatic N) is 1. The fourth-order valence-corrected chi connectivity index (χ4v) is 1.16. The summed E-state index contributed by atoms with van der Waals surface area (Å²) < 4.78 is 0. The Bertz CT molecular complexity index is 202. The van der Waals surface area contributed by atoms with Crippen molar-refractivity contribution in [3.63, 3.8) is 0 Å². The van der Waals surface area contributed by atoms with Crippen LogP contribution >= 0.6 is 0 Å². The highest BCUT2D eigenvalue weighted by Crippen LogP contribution is 1.85. The van der Waals surface area contributed by atoms with Crippen molar-refractivity contribution in [2.75, 3.05) is 0 Å². The number of rotatable bonds is 1. The molecule has 1 heterocycles. The van der Waals surface area contributed by atoms with Crippen LogP contribution in [0, 0.1) is 0 Å². The van der Waals surface area contributed by atoms with E-state index in [-0.39, 0.29) is 6.61 Å². The van der Waals surface area contributed by atoms with Gasteiger partial charge in [0.25, 0.3) is 0 Å². The van der Waals surface area contributed by atoms with E-state index in [0.29, 0.717) is 0 Å². The monoisotopic (exact) mass is 139 g/mol. The molecule has 0 aromatic carbocycles. The Labute approximate surface area is 57.0 Å². The van der Waals surface area contributed by atoms with E-state index in [9.17, 15) is 0 Å². The van der Waals surface area contributed by atoms with E-state index in [1.165, 1.54) is 5.19 Å². The maximum atomic E-state index is 8.68. The Morgan fingerprint density at radius 1 is 1.67 bits per heavy atom. The standard InChI is InChI=1S/C6H9NOSi/c8-4-5-6(9)2-1-3-7-5/h1-3,8H,4H2,9H3. The lowest BCUT2D eigenvalue weighted by atomic mass is 10.4. The minimum Gasteiger partial charge on any atom is -0.390 e. The average molecular weight is 139 g/mol. The molecule has 1 aromatic rings. The first-order chi connectivity index (χ1) is 4.34. The molecular formula is C6H9NOSi. The van der Waals surface area contributed by atoms with Crippen molar-refractivity contribution in [2.45, 2.75) is 6.61 Å². The predicted molar refractivity (Wildman–Crippen MR) is 39.7 cm³/mol. The topological polar surface area (TPSA) is 33.1 Å². The lowest BCUT2D eigenvalue weighted by molar-refractivity contribution is 0.278. The molecule has 1 rings (SSSR count). The van der Waals surface area contributed by atoms with E-state index in [0.717, 1.165) is 15.9 Å². The van der Waals surface area contributed by atoms with Gasteiger partial charge < -0.3 is 5.11 Å². The van der Waals surface area contributed by atoms with Gasteiger partial charge in [-0.1, -0.05) is 6.07 Å². The zero-order valence-electron chi connectivity index (χ0n) is 5.33. The summed E-state index contributed by atoms with van der Waals surface area (Å²) >= 11 is 0. The van der Waals surface area contributed by atoms with Crippen LogP contribution in [0.1, 0.15) is 5.69 Å². The van der Waals surface area contributed by atoms with Gasteiger partial charge >= 0.3 is 0 Å². The summed E-state index contributed by atoms with van der Waals surface area (Å²) in [5.74, 6) is 0. The molecule has 0 aliphatic heterocycles. The van der Waals surface area contributed by atoms with Gasteiger partial charge in [-0.3, -0.25) is 4.98 Å². The highest BCUT2D eigenvalue weighted by atomic mass is 28.1. The molecule has 0 atom stereocenters.